The van der Waals surface area contributed by atoms with Crippen LogP contribution in [0.1, 0.15) is 63.9 Å². The molecule has 0 aliphatic rings. The van der Waals surface area contributed by atoms with Crippen molar-refractivity contribution in [1.29, 1.82) is 0 Å². The van der Waals surface area contributed by atoms with Crippen molar-refractivity contribution in [3.63, 3.8) is 0 Å². The van der Waals surface area contributed by atoms with Crippen molar-refractivity contribution >= 4 is 6.09 Å². The minimum Gasteiger partial charge on any atom is -0.442 e. The molecule has 0 spiro atoms. The molecular weight excluding hydrogens is 312 g/mol. The first-order valence-corrected chi connectivity index (χ1v) is 8.78. The quantitative estimate of drug-likeness (QED) is 0.594. The van der Waals surface area contributed by atoms with Gasteiger partial charge in [0.05, 0.1) is 5.69 Å². The number of unbranched alkanes of at least 4 members (excludes halogenated alkanes) is 2. The van der Waals surface area contributed by atoms with Gasteiger partial charge >= 0.3 is 6.09 Å². The van der Waals surface area contributed by atoms with Crippen LogP contribution >= 0.6 is 0 Å². The zero-order chi connectivity index (χ0) is 18.3. The molecule has 0 saturated heterocycles. The second-order valence-electron chi connectivity index (χ2n) is 6.99. The summed E-state index contributed by atoms with van der Waals surface area (Å²) in [7, 11) is 0. The Balaban J connectivity index is 2.25. The largest absolute Gasteiger partial charge is 0.442 e. The van der Waals surface area contributed by atoms with Crippen molar-refractivity contribution in [3.8, 4) is 11.8 Å². The van der Waals surface area contributed by atoms with Crippen LogP contribution in [0.2, 0.25) is 0 Å². The minimum atomic E-state index is -0.556. The van der Waals surface area contributed by atoms with Crippen LogP contribution in [0.4, 0.5) is 4.79 Å². The molecule has 25 heavy (non-hydrogen) atoms. The van der Waals surface area contributed by atoms with Gasteiger partial charge in [-0.2, -0.15) is 9.78 Å². The number of carbonyl (C=O) groups is 1. The number of carbonyl (C=O) groups excluding carboxylic acids is 1. The number of hydrogen-bond acceptors (Lipinski definition) is 3. The van der Waals surface area contributed by atoms with Crippen molar-refractivity contribution in [2.24, 2.45) is 0 Å². The number of nitrogens with zero attached hydrogens (tertiary/aromatic N) is 2. The van der Waals surface area contributed by atoms with E-state index in [9.17, 15) is 4.79 Å². The van der Waals surface area contributed by atoms with E-state index >= 15 is 0 Å². The summed E-state index contributed by atoms with van der Waals surface area (Å²) < 4.78 is 6.82. The molecule has 0 aliphatic heterocycles. The van der Waals surface area contributed by atoms with E-state index in [0.29, 0.717) is 5.69 Å². The van der Waals surface area contributed by atoms with Gasteiger partial charge < -0.3 is 4.74 Å². The molecule has 0 radical (unpaired) electrons. The molecule has 0 aliphatic carbocycles. The fourth-order valence-corrected chi connectivity index (χ4v) is 2.34. The summed E-state index contributed by atoms with van der Waals surface area (Å²) in [4.78, 5) is 12.4. The Bertz CT molecular complexity index is 759. The molecule has 132 valence electrons. The van der Waals surface area contributed by atoms with Crippen LogP contribution in [0.15, 0.2) is 36.4 Å². The van der Waals surface area contributed by atoms with Crippen LogP contribution in [0.3, 0.4) is 0 Å². The highest BCUT2D eigenvalue weighted by molar-refractivity contribution is 5.71. The van der Waals surface area contributed by atoms with Crippen LogP contribution in [-0.4, -0.2) is 21.5 Å². The zero-order valence-corrected chi connectivity index (χ0v) is 15.5. The Morgan fingerprint density at radius 3 is 2.52 bits per heavy atom. The zero-order valence-electron chi connectivity index (χ0n) is 15.5. The molecule has 0 N–H and O–H groups in total. The molecular formula is C21H26N2O2. The average Bonchev–Trinajstić information content (AvgIpc) is 2.96. The Labute approximate surface area is 150 Å². The molecule has 0 unspecified atom stereocenters. The molecule has 4 nitrogen and oxygen atoms in total. The predicted octanol–water partition coefficient (Wildman–Crippen LogP) is 4.80. The molecule has 0 fully saturated rings. The summed E-state index contributed by atoms with van der Waals surface area (Å²) in [6, 6.07) is 11.6. The average molecular weight is 338 g/mol. The van der Waals surface area contributed by atoms with Crippen molar-refractivity contribution in [3.05, 3.63) is 53.3 Å². The topological polar surface area (TPSA) is 44.1 Å². The molecule has 4 heteroatoms. The molecule has 0 bridgehead atoms. The minimum absolute atomic E-state index is 0.452. The second kappa shape index (κ2) is 8.53. The SMILES string of the molecule is CCCCCc1cc(C#Cc2ccccc2)nn1C(=O)OC(C)(C)C. The maximum absolute atomic E-state index is 12.4. The number of hydrogen-bond donors (Lipinski definition) is 0. The van der Waals surface area contributed by atoms with Gasteiger partial charge in [-0.05, 0) is 57.7 Å². The molecule has 1 aromatic carbocycles. The summed E-state index contributed by atoms with van der Waals surface area (Å²) in [5.41, 5.74) is 1.79. The molecule has 2 aromatic rings. The lowest BCUT2D eigenvalue weighted by atomic mass is 10.1. The fourth-order valence-electron chi connectivity index (χ4n) is 2.34. The lowest BCUT2D eigenvalue weighted by molar-refractivity contribution is 0.0509. The summed E-state index contributed by atoms with van der Waals surface area (Å²) in [5, 5.41) is 4.36. The molecule has 2 rings (SSSR count). The van der Waals surface area contributed by atoms with E-state index in [1.807, 2.05) is 57.2 Å². The first-order chi connectivity index (χ1) is 11.9. The third-order valence-corrected chi connectivity index (χ3v) is 3.49. The highest BCUT2D eigenvalue weighted by atomic mass is 16.6. The smallest absolute Gasteiger partial charge is 0.435 e. The Morgan fingerprint density at radius 1 is 1.16 bits per heavy atom. The lowest BCUT2D eigenvalue weighted by Crippen LogP contribution is -2.28. The normalized spacial score (nSPS) is 10.9. The summed E-state index contributed by atoms with van der Waals surface area (Å²) >= 11 is 0. The Kier molecular flexibility index (Phi) is 6.41. The van der Waals surface area contributed by atoms with Gasteiger partial charge in [0, 0.05) is 5.56 Å². The van der Waals surface area contributed by atoms with Gasteiger partial charge in [0.1, 0.15) is 11.3 Å². The van der Waals surface area contributed by atoms with E-state index in [4.69, 9.17) is 4.74 Å². The lowest BCUT2D eigenvalue weighted by Gasteiger charge is -2.19. The maximum Gasteiger partial charge on any atom is 0.435 e. The van der Waals surface area contributed by atoms with Crippen molar-refractivity contribution in [2.45, 2.75) is 59.0 Å². The Hall–Kier alpha value is -2.54. The van der Waals surface area contributed by atoms with Crippen molar-refractivity contribution in [2.75, 3.05) is 0 Å². The van der Waals surface area contributed by atoms with Crippen LogP contribution < -0.4 is 0 Å². The highest BCUT2D eigenvalue weighted by Gasteiger charge is 2.21. The fraction of sp³-hybridized carbons (Fsp3) is 0.429. The number of ether oxygens (including phenoxy) is 1. The maximum atomic E-state index is 12.4. The van der Waals surface area contributed by atoms with E-state index in [2.05, 4.69) is 23.9 Å². The van der Waals surface area contributed by atoms with E-state index in [1.54, 1.807) is 0 Å². The molecule has 0 saturated carbocycles. The predicted molar refractivity (Wildman–Crippen MR) is 99.5 cm³/mol. The van der Waals surface area contributed by atoms with Gasteiger partial charge in [0.15, 0.2) is 0 Å². The third-order valence-electron chi connectivity index (χ3n) is 3.49. The van der Waals surface area contributed by atoms with Crippen LogP contribution in [0, 0.1) is 11.8 Å². The van der Waals surface area contributed by atoms with E-state index < -0.39 is 11.7 Å². The molecule has 0 atom stereocenters. The van der Waals surface area contributed by atoms with Gasteiger partial charge in [0.25, 0.3) is 0 Å². The summed E-state index contributed by atoms with van der Waals surface area (Å²) in [6.45, 7) is 7.70. The molecule has 1 aromatic heterocycles. The van der Waals surface area contributed by atoms with Crippen molar-refractivity contribution < 1.29 is 9.53 Å². The first kappa shape index (κ1) is 18.8. The van der Waals surface area contributed by atoms with Gasteiger partial charge in [0.2, 0.25) is 0 Å². The molecule has 0 amide bonds. The third kappa shape index (κ3) is 6.11. The van der Waals surface area contributed by atoms with Crippen LogP contribution in [-0.2, 0) is 11.2 Å². The number of aryl methyl sites for hydroxylation is 1. The standard InChI is InChI=1S/C21H26N2O2/c1-5-6-8-13-19-16-18(15-14-17-11-9-7-10-12-17)22-23(19)20(24)25-21(2,3)4/h7,9-12,16H,5-6,8,13H2,1-4H3. The van der Waals surface area contributed by atoms with E-state index in [1.165, 1.54) is 4.68 Å². The van der Waals surface area contributed by atoms with E-state index in [-0.39, 0.29) is 0 Å². The summed E-state index contributed by atoms with van der Waals surface area (Å²) in [5.74, 6) is 6.12. The second-order valence-corrected chi connectivity index (χ2v) is 6.99. The summed E-state index contributed by atoms with van der Waals surface area (Å²) in [6.07, 6.45) is 3.59. The number of rotatable bonds is 4. The van der Waals surface area contributed by atoms with Crippen LogP contribution in [0.5, 0.6) is 0 Å². The highest BCUT2D eigenvalue weighted by Crippen LogP contribution is 2.14. The van der Waals surface area contributed by atoms with E-state index in [0.717, 1.165) is 36.9 Å². The van der Waals surface area contributed by atoms with Gasteiger partial charge in [-0.25, -0.2) is 4.79 Å². The number of aromatic nitrogens is 2. The number of benzene rings is 1. The van der Waals surface area contributed by atoms with Gasteiger partial charge in [-0.15, -0.1) is 0 Å². The first-order valence-electron chi connectivity index (χ1n) is 8.78. The van der Waals surface area contributed by atoms with Gasteiger partial charge in [-0.1, -0.05) is 43.9 Å². The van der Waals surface area contributed by atoms with Crippen LogP contribution in [0.25, 0.3) is 0 Å². The van der Waals surface area contributed by atoms with Gasteiger partial charge in [-0.3, -0.25) is 0 Å². The molecule has 1 heterocycles. The monoisotopic (exact) mass is 338 g/mol. The Morgan fingerprint density at radius 2 is 1.88 bits per heavy atom. The van der Waals surface area contributed by atoms with Crippen molar-refractivity contribution in [1.82, 2.24) is 9.78 Å².